The zero-order valence-electron chi connectivity index (χ0n) is 13.4. The number of carbonyl (C=O) groups is 2. The molecular weight excluding hydrogens is 260 g/mol. The van der Waals surface area contributed by atoms with E-state index in [9.17, 15) is 9.59 Å². The summed E-state index contributed by atoms with van der Waals surface area (Å²) in [5.41, 5.74) is 1.44. The molecule has 0 bridgehead atoms. The zero-order valence-corrected chi connectivity index (χ0v) is 13.4. The first-order valence-corrected chi connectivity index (χ1v) is 8.19. The number of rotatable bonds is 11. The van der Waals surface area contributed by atoms with Crippen molar-refractivity contribution in [3.63, 3.8) is 0 Å². The number of ketones is 2. The maximum absolute atomic E-state index is 11.4. The fraction of sp³-hybridized carbons (Fsp3) is 0.579. The van der Waals surface area contributed by atoms with Gasteiger partial charge in [-0.15, -0.1) is 0 Å². The van der Waals surface area contributed by atoms with E-state index in [0.717, 1.165) is 12.8 Å². The summed E-state index contributed by atoms with van der Waals surface area (Å²) in [4.78, 5) is 22.2. The van der Waals surface area contributed by atoms with Crippen LogP contribution in [-0.2, 0) is 9.59 Å². The minimum atomic E-state index is -0.0198. The van der Waals surface area contributed by atoms with Gasteiger partial charge in [0.25, 0.3) is 0 Å². The summed E-state index contributed by atoms with van der Waals surface area (Å²) in [5.74, 6) is 0.734. The summed E-state index contributed by atoms with van der Waals surface area (Å²) in [6.45, 7) is 3.73. The predicted molar refractivity (Wildman–Crippen MR) is 87.5 cm³/mol. The van der Waals surface area contributed by atoms with Crippen LogP contribution in [0.15, 0.2) is 30.3 Å². The lowest BCUT2D eigenvalue weighted by Gasteiger charge is -2.15. The summed E-state index contributed by atoms with van der Waals surface area (Å²) in [5, 5.41) is 0. The molecule has 0 radical (unpaired) electrons. The molecule has 0 N–H and O–H groups in total. The monoisotopic (exact) mass is 288 g/mol. The van der Waals surface area contributed by atoms with Crippen molar-refractivity contribution in [1.82, 2.24) is 0 Å². The highest BCUT2D eigenvalue weighted by Gasteiger charge is 2.08. The van der Waals surface area contributed by atoms with Crippen molar-refractivity contribution in [3.8, 4) is 0 Å². The molecule has 1 rings (SSSR count). The summed E-state index contributed by atoms with van der Waals surface area (Å²) in [6.07, 6.45) is 7.50. The van der Waals surface area contributed by atoms with Crippen LogP contribution >= 0.6 is 0 Å². The molecule has 116 valence electrons. The maximum atomic E-state index is 11.4. The Morgan fingerprint density at radius 2 is 1.67 bits per heavy atom. The van der Waals surface area contributed by atoms with Crippen molar-refractivity contribution in [1.29, 1.82) is 0 Å². The van der Waals surface area contributed by atoms with Gasteiger partial charge in [0, 0.05) is 6.42 Å². The van der Waals surface area contributed by atoms with E-state index in [1.54, 1.807) is 0 Å². The minimum Gasteiger partial charge on any atom is -0.300 e. The SMILES string of the molecule is CCC(CCCCCCC(=O)CC(C)=O)c1ccccc1. The third kappa shape index (κ3) is 7.79. The van der Waals surface area contributed by atoms with Gasteiger partial charge in [0.05, 0.1) is 6.42 Å². The highest BCUT2D eigenvalue weighted by molar-refractivity contribution is 5.97. The number of carbonyl (C=O) groups excluding carboxylic acids is 2. The lowest BCUT2D eigenvalue weighted by atomic mass is 9.91. The van der Waals surface area contributed by atoms with Gasteiger partial charge in [0.2, 0.25) is 0 Å². The first-order valence-electron chi connectivity index (χ1n) is 8.19. The molecule has 0 amide bonds. The van der Waals surface area contributed by atoms with Crippen LogP contribution in [0.3, 0.4) is 0 Å². The van der Waals surface area contributed by atoms with Gasteiger partial charge < -0.3 is 0 Å². The van der Waals surface area contributed by atoms with Crippen LogP contribution in [0.5, 0.6) is 0 Å². The summed E-state index contributed by atoms with van der Waals surface area (Å²) in [7, 11) is 0. The Balaban J connectivity index is 2.13. The Hall–Kier alpha value is -1.44. The van der Waals surface area contributed by atoms with Gasteiger partial charge >= 0.3 is 0 Å². The second-order valence-electron chi connectivity index (χ2n) is 5.89. The first-order chi connectivity index (χ1) is 10.1. The molecule has 21 heavy (non-hydrogen) atoms. The van der Waals surface area contributed by atoms with E-state index in [1.807, 2.05) is 0 Å². The van der Waals surface area contributed by atoms with Crippen LogP contribution in [0.2, 0.25) is 0 Å². The molecule has 1 aromatic carbocycles. The summed E-state index contributed by atoms with van der Waals surface area (Å²) >= 11 is 0. The van der Waals surface area contributed by atoms with E-state index in [-0.39, 0.29) is 18.0 Å². The van der Waals surface area contributed by atoms with Gasteiger partial charge in [-0.2, -0.15) is 0 Å². The van der Waals surface area contributed by atoms with E-state index in [0.29, 0.717) is 12.3 Å². The average Bonchev–Trinajstić information content (AvgIpc) is 2.46. The highest BCUT2D eigenvalue weighted by atomic mass is 16.1. The molecule has 0 aliphatic rings. The predicted octanol–water partition coefficient (Wildman–Crippen LogP) is 5.07. The van der Waals surface area contributed by atoms with Gasteiger partial charge in [0.1, 0.15) is 11.6 Å². The largest absolute Gasteiger partial charge is 0.300 e. The number of hydrogen-bond acceptors (Lipinski definition) is 2. The van der Waals surface area contributed by atoms with E-state index >= 15 is 0 Å². The molecule has 0 aromatic heterocycles. The fourth-order valence-corrected chi connectivity index (χ4v) is 2.76. The molecule has 1 aromatic rings. The standard InChI is InChI=1S/C19H28O2/c1-3-17(18-12-8-6-9-13-18)11-7-4-5-10-14-19(21)15-16(2)20/h6,8-9,12-13,17H,3-5,7,10-11,14-15H2,1-2H3. The molecule has 2 nitrogen and oxygen atoms in total. The molecule has 0 aliphatic heterocycles. The second kappa shape index (κ2) is 10.3. The number of benzene rings is 1. The van der Waals surface area contributed by atoms with Crippen molar-refractivity contribution in [2.24, 2.45) is 0 Å². The number of Topliss-reactive ketones (excluding diaryl/α,β-unsaturated/α-hetero) is 2. The zero-order chi connectivity index (χ0) is 15.5. The molecule has 2 heteroatoms. The lowest BCUT2D eigenvalue weighted by molar-refractivity contribution is -0.125. The molecule has 1 atom stereocenters. The minimum absolute atomic E-state index is 0.0198. The molecule has 0 aliphatic carbocycles. The Morgan fingerprint density at radius 1 is 1.00 bits per heavy atom. The quantitative estimate of drug-likeness (QED) is 0.421. The molecule has 1 unspecified atom stereocenters. The third-order valence-corrected chi connectivity index (χ3v) is 3.97. The van der Waals surface area contributed by atoms with Crippen molar-refractivity contribution in [2.45, 2.75) is 71.1 Å². The van der Waals surface area contributed by atoms with Gasteiger partial charge in [-0.05, 0) is 37.7 Å². The Bertz CT molecular complexity index is 422. The molecular formula is C19H28O2. The molecule has 0 fully saturated rings. The molecule has 0 spiro atoms. The van der Waals surface area contributed by atoms with E-state index in [4.69, 9.17) is 0 Å². The van der Waals surface area contributed by atoms with Gasteiger partial charge in [-0.25, -0.2) is 0 Å². The maximum Gasteiger partial charge on any atom is 0.140 e. The van der Waals surface area contributed by atoms with Crippen LogP contribution in [0.25, 0.3) is 0 Å². The van der Waals surface area contributed by atoms with E-state index in [2.05, 4.69) is 37.3 Å². The number of hydrogen-bond donors (Lipinski definition) is 0. The topological polar surface area (TPSA) is 34.1 Å². The normalized spacial score (nSPS) is 12.1. The van der Waals surface area contributed by atoms with Crippen LogP contribution in [-0.4, -0.2) is 11.6 Å². The van der Waals surface area contributed by atoms with Crippen molar-refractivity contribution < 1.29 is 9.59 Å². The van der Waals surface area contributed by atoms with Crippen molar-refractivity contribution in [2.75, 3.05) is 0 Å². The Morgan fingerprint density at radius 3 is 2.29 bits per heavy atom. The van der Waals surface area contributed by atoms with Crippen LogP contribution in [0.4, 0.5) is 0 Å². The van der Waals surface area contributed by atoms with Crippen LogP contribution in [0, 0.1) is 0 Å². The van der Waals surface area contributed by atoms with E-state index in [1.165, 1.54) is 38.2 Å². The average molecular weight is 288 g/mol. The highest BCUT2D eigenvalue weighted by Crippen LogP contribution is 2.25. The molecule has 0 saturated heterocycles. The van der Waals surface area contributed by atoms with E-state index < -0.39 is 0 Å². The third-order valence-electron chi connectivity index (χ3n) is 3.97. The van der Waals surface area contributed by atoms with Crippen molar-refractivity contribution >= 4 is 11.6 Å². The Labute approximate surface area is 128 Å². The second-order valence-corrected chi connectivity index (χ2v) is 5.89. The van der Waals surface area contributed by atoms with Crippen molar-refractivity contribution in [3.05, 3.63) is 35.9 Å². The number of unbranched alkanes of at least 4 members (excludes halogenated alkanes) is 3. The summed E-state index contributed by atoms with van der Waals surface area (Å²) < 4.78 is 0. The van der Waals surface area contributed by atoms with Gasteiger partial charge in [-0.3, -0.25) is 9.59 Å². The molecule has 0 saturated carbocycles. The Kier molecular flexibility index (Phi) is 8.65. The van der Waals surface area contributed by atoms with Crippen LogP contribution in [0.1, 0.15) is 76.7 Å². The molecule has 0 heterocycles. The lowest BCUT2D eigenvalue weighted by Crippen LogP contribution is -2.03. The smallest absolute Gasteiger partial charge is 0.140 e. The first kappa shape index (κ1) is 17.6. The van der Waals surface area contributed by atoms with Crippen LogP contribution < -0.4 is 0 Å². The van der Waals surface area contributed by atoms with Gasteiger partial charge in [0.15, 0.2) is 0 Å². The summed E-state index contributed by atoms with van der Waals surface area (Å²) in [6, 6.07) is 10.7. The van der Waals surface area contributed by atoms with Gasteiger partial charge in [-0.1, -0.05) is 56.5 Å². The fourth-order valence-electron chi connectivity index (χ4n) is 2.76.